The van der Waals surface area contributed by atoms with E-state index in [0.29, 0.717) is 0 Å². The minimum Gasteiger partial charge on any atom is -0.320 e. The molecule has 2 aliphatic heterocycles. The van der Waals surface area contributed by atoms with E-state index in [1.807, 2.05) is 41.4 Å². The van der Waals surface area contributed by atoms with E-state index < -0.39 is 0 Å². The number of carbonyl (C=O) groups is 1. The van der Waals surface area contributed by atoms with Crippen LogP contribution >= 0.6 is 15.9 Å². The van der Waals surface area contributed by atoms with Crippen molar-refractivity contribution in [2.45, 2.75) is 31.7 Å². The third-order valence-corrected chi connectivity index (χ3v) is 5.65. The van der Waals surface area contributed by atoms with E-state index in [1.54, 1.807) is 5.01 Å². The minimum atomic E-state index is -0.00440. The monoisotopic (exact) mass is 426 g/mol. The largest absolute Gasteiger partial charge is 0.340 e. The molecule has 2 aromatic rings. The zero-order valence-corrected chi connectivity index (χ0v) is 16.7. The highest BCUT2D eigenvalue weighted by atomic mass is 79.9. The number of hydrogen-bond acceptors (Lipinski definition) is 3. The summed E-state index contributed by atoms with van der Waals surface area (Å²) >= 11 is 3.45. The number of carbonyl (C=O) groups excluding carboxylic acids is 1. The second kappa shape index (κ2) is 8.15. The van der Waals surface area contributed by atoms with Crippen LogP contribution in [0.4, 0.5) is 4.79 Å². The first-order valence-electron chi connectivity index (χ1n) is 9.34. The van der Waals surface area contributed by atoms with Crippen LogP contribution in [0.2, 0.25) is 0 Å². The number of likely N-dealkylation sites (tertiary alicyclic amines) is 1. The number of halogens is 1. The standard InChI is InChI=1S/C21H23BrN4O/c22-18-11-9-17(10-12-18)20-15-26(24-23-20)21(27)25-13-5-4-8-19(25)14-16-6-2-1-3-7-16/h1-3,6-7,9-12,15,19,23-24H,4-5,8,13-14H2. The summed E-state index contributed by atoms with van der Waals surface area (Å²) in [6, 6.07) is 18.7. The normalized spacial score (nSPS) is 19.6. The molecule has 1 unspecified atom stereocenters. The average Bonchev–Trinajstić information content (AvgIpc) is 3.19. The number of amides is 2. The van der Waals surface area contributed by atoms with Crippen LogP contribution < -0.4 is 11.0 Å². The first-order valence-corrected chi connectivity index (χ1v) is 10.1. The molecule has 0 radical (unpaired) electrons. The molecule has 1 saturated heterocycles. The first kappa shape index (κ1) is 18.1. The lowest BCUT2D eigenvalue weighted by Crippen LogP contribution is -2.53. The third kappa shape index (κ3) is 4.17. The van der Waals surface area contributed by atoms with E-state index in [-0.39, 0.29) is 12.1 Å². The van der Waals surface area contributed by atoms with Crippen molar-refractivity contribution >= 4 is 27.7 Å². The van der Waals surface area contributed by atoms with Crippen LogP contribution in [0.15, 0.2) is 65.3 Å². The van der Waals surface area contributed by atoms with Crippen molar-refractivity contribution in [2.24, 2.45) is 0 Å². The predicted octanol–water partition coefficient (Wildman–Crippen LogP) is 4.29. The molecule has 1 atom stereocenters. The lowest BCUT2D eigenvalue weighted by Gasteiger charge is -2.37. The van der Waals surface area contributed by atoms with Crippen LogP contribution in [-0.4, -0.2) is 28.5 Å². The van der Waals surface area contributed by atoms with Gasteiger partial charge in [-0.1, -0.05) is 58.4 Å². The van der Waals surface area contributed by atoms with Gasteiger partial charge in [-0.3, -0.25) is 0 Å². The van der Waals surface area contributed by atoms with Crippen molar-refractivity contribution in [3.8, 4) is 0 Å². The highest BCUT2D eigenvalue weighted by molar-refractivity contribution is 9.10. The fourth-order valence-electron chi connectivity index (χ4n) is 3.68. The third-order valence-electron chi connectivity index (χ3n) is 5.12. The van der Waals surface area contributed by atoms with Gasteiger partial charge in [0.2, 0.25) is 0 Å². The maximum atomic E-state index is 13.1. The number of benzene rings is 2. The Hall–Kier alpha value is -2.31. The Labute approximate surface area is 168 Å². The first-order chi connectivity index (χ1) is 13.2. The molecule has 2 amide bonds. The summed E-state index contributed by atoms with van der Waals surface area (Å²) in [5, 5.41) is 1.56. The Morgan fingerprint density at radius 2 is 1.85 bits per heavy atom. The van der Waals surface area contributed by atoms with Crippen molar-refractivity contribution in [3.63, 3.8) is 0 Å². The lowest BCUT2D eigenvalue weighted by atomic mass is 9.96. The molecule has 5 nitrogen and oxygen atoms in total. The van der Waals surface area contributed by atoms with E-state index in [2.05, 4.69) is 51.2 Å². The predicted molar refractivity (Wildman–Crippen MR) is 110 cm³/mol. The molecule has 2 heterocycles. The van der Waals surface area contributed by atoms with Gasteiger partial charge in [0.15, 0.2) is 0 Å². The van der Waals surface area contributed by atoms with Crippen LogP contribution in [-0.2, 0) is 6.42 Å². The summed E-state index contributed by atoms with van der Waals surface area (Å²) in [5.41, 5.74) is 9.28. The molecule has 0 spiro atoms. The number of nitrogens with zero attached hydrogens (tertiary/aromatic N) is 2. The Kier molecular flexibility index (Phi) is 5.45. The maximum Gasteiger partial charge on any atom is 0.340 e. The number of hydrazine groups is 2. The van der Waals surface area contributed by atoms with Crippen molar-refractivity contribution < 1.29 is 4.79 Å². The number of hydrogen-bond donors (Lipinski definition) is 2. The molecule has 1 fully saturated rings. The van der Waals surface area contributed by atoms with Gasteiger partial charge < -0.3 is 10.3 Å². The van der Waals surface area contributed by atoms with Gasteiger partial charge in [0, 0.05) is 22.6 Å². The van der Waals surface area contributed by atoms with Crippen LogP contribution in [0.3, 0.4) is 0 Å². The molecule has 140 valence electrons. The summed E-state index contributed by atoms with van der Waals surface area (Å²) in [5.74, 6) is 0. The quantitative estimate of drug-likeness (QED) is 0.769. The Morgan fingerprint density at radius 3 is 2.63 bits per heavy atom. The van der Waals surface area contributed by atoms with Gasteiger partial charge in [-0.05, 0) is 43.4 Å². The topological polar surface area (TPSA) is 47.6 Å². The van der Waals surface area contributed by atoms with Crippen molar-refractivity contribution in [3.05, 3.63) is 76.4 Å². The summed E-state index contributed by atoms with van der Waals surface area (Å²) < 4.78 is 1.03. The highest BCUT2D eigenvalue weighted by Gasteiger charge is 2.31. The van der Waals surface area contributed by atoms with Crippen LogP contribution in [0, 0.1) is 0 Å². The van der Waals surface area contributed by atoms with Crippen LogP contribution in [0.5, 0.6) is 0 Å². The van der Waals surface area contributed by atoms with Crippen molar-refractivity contribution in [1.82, 2.24) is 20.9 Å². The highest BCUT2D eigenvalue weighted by Crippen LogP contribution is 2.24. The van der Waals surface area contributed by atoms with E-state index in [1.165, 1.54) is 12.0 Å². The minimum absolute atomic E-state index is 0.00440. The Bertz CT molecular complexity index is 822. The molecule has 4 rings (SSSR count). The molecule has 27 heavy (non-hydrogen) atoms. The number of nitrogens with one attached hydrogen (secondary N) is 2. The van der Waals surface area contributed by atoms with Crippen molar-refractivity contribution in [2.75, 3.05) is 6.54 Å². The van der Waals surface area contributed by atoms with E-state index in [0.717, 1.165) is 41.5 Å². The lowest BCUT2D eigenvalue weighted by molar-refractivity contribution is 0.115. The molecule has 0 saturated carbocycles. The molecule has 6 heteroatoms. The molecule has 0 aromatic heterocycles. The zero-order valence-electron chi connectivity index (χ0n) is 15.1. The molecule has 2 aliphatic rings. The molecule has 0 bridgehead atoms. The summed E-state index contributed by atoms with van der Waals surface area (Å²) in [7, 11) is 0. The maximum absolute atomic E-state index is 13.1. The van der Waals surface area contributed by atoms with Crippen LogP contribution in [0.25, 0.3) is 5.70 Å². The van der Waals surface area contributed by atoms with E-state index in [9.17, 15) is 4.79 Å². The van der Waals surface area contributed by atoms with Gasteiger partial charge >= 0.3 is 6.03 Å². The van der Waals surface area contributed by atoms with Crippen LogP contribution in [0.1, 0.15) is 30.4 Å². The SMILES string of the molecule is O=C(N1C=C(c2ccc(Br)cc2)NN1)N1CCCCC1Cc1ccccc1. The molecular formula is C21H23BrN4O. The van der Waals surface area contributed by atoms with Gasteiger partial charge in [0.1, 0.15) is 0 Å². The molecular weight excluding hydrogens is 404 g/mol. The van der Waals surface area contributed by atoms with Gasteiger partial charge in [-0.15, -0.1) is 5.53 Å². The average molecular weight is 427 g/mol. The molecule has 0 aliphatic carbocycles. The second-order valence-corrected chi connectivity index (χ2v) is 7.89. The smallest absolute Gasteiger partial charge is 0.320 e. The van der Waals surface area contributed by atoms with Gasteiger partial charge in [-0.25, -0.2) is 9.80 Å². The fourth-order valence-corrected chi connectivity index (χ4v) is 3.95. The fraction of sp³-hybridized carbons (Fsp3) is 0.286. The van der Waals surface area contributed by atoms with Gasteiger partial charge in [0.05, 0.1) is 11.9 Å². The number of rotatable bonds is 3. The van der Waals surface area contributed by atoms with E-state index >= 15 is 0 Å². The number of urea groups is 1. The Balaban J connectivity index is 1.48. The summed E-state index contributed by atoms with van der Waals surface area (Å²) in [6.07, 6.45) is 6.01. The molecule has 2 aromatic carbocycles. The number of piperidine rings is 1. The summed E-state index contributed by atoms with van der Waals surface area (Å²) in [6.45, 7) is 0.802. The summed E-state index contributed by atoms with van der Waals surface area (Å²) in [4.78, 5) is 15.1. The molecule has 2 N–H and O–H groups in total. The second-order valence-electron chi connectivity index (χ2n) is 6.97. The zero-order chi connectivity index (χ0) is 18.6. The van der Waals surface area contributed by atoms with Gasteiger partial charge in [0.25, 0.3) is 0 Å². The van der Waals surface area contributed by atoms with E-state index in [4.69, 9.17) is 0 Å². The Morgan fingerprint density at radius 1 is 1.07 bits per heavy atom. The van der Waals surface area contributed by atoms with Crippen molar-refractivity contribution in [1.29, 1.82) is 0 Å². The van der Waals surface area contributed by atoms with Gasteiger partial charge in [-0.2, -0.15) is 0 Å².